The van der Waals surface area contributed by atoms with Crippen molar-refractivity contribution in [1.29, 1.82) is 0 Å². The maximum Gasteiger partial charge on any atom is 0.193 e. The van der Waals surface area contributed by atoms with Crippen LogP contribution in [0.3, 0.4) is 0 Å². The van der Waals surface area contributed by atoms with Gasteiger partial charge >= 0.3 is 0 Å². The number of aliphatic imine (C=N–C) groups is 1. The van der Waals surface area contributed by atoms with E-state index in [1.54, 1.807) is 14.2 Å². The molecule has 26 heavy (non-hydrogen) atoms. The van der Waals surface area contributed by atoms with Crippen molar-refractivity contribution >= 4 is 47.2 Å². The van der Waals surface area contributed by atoms with Gasteiger partial charge in [-0.2, -0.15) is 0 Å². The van der Waals surface area contributed by atoms with E-state index in [4.69, 9.17) is 26.8 Å². The molecular formula is C19H23ClIN3O2. The molecule has 140 valence electrons. The summed E-state index contributed by atoms with van der Waals surface area (Å²) in [4.78, 5) is 4.53. The minimum absolute atomic E-state index is 0. The fourth-order valence-corrected chi connectivity index (χ4v) is 3.22. The van der Waals surface area contributed by atoms with Crippen molar-refractivity contribution in [3.63, 3.8) is 0 Å². The molecule has 0 aromatic heterocycles. The maximum absolute atomic E-state index is 6.34. The molecule has 1 aliphatic rings. The second-order valence-electron chi connectivity index (χ2n) is 6.15. The van der Waals surface area contributed by atoms with E-state index in [-0.39, 0.29) is 29.4 Å². The van der Waals surface area contributed by atoms with Crippen molar-refractivity contribution < 1.29 is 9.47 Å². The number of guanidine groups is 1. The Hall–Kier alpha value is -1.67. The Morgan fingerprint density at radius 3 is 2.54 bits per heavy atom. The molecule has 0 heterocycles. The molecule has 0 radical (unpaired) electrons. The van der Waals surface area contributed by atoms with Gasteiger partial charge < -0.3 is 20.5 Å². The van der Waals surface area contributed by atoms with Gasteiger partial charge in [-0.15, -0.1) is 24.0 Å². The largest absolute Gasteiger partial charge is 0.497 e. The lowest BCUT2D eigenvalue weighted by Crippen LogP contribution is -2.25. The summed E-state index contributed by atoms with van der Waals surface area (Å²) < 4.78 is 10.6. The molecule has 5 nitrogen and oxygen atoms in total. The standard InChI is InChI=1S/C19H22ClN3O2.HI/c1-24-13-7-8-17(25-2)16(11-13)23-18(21)22-12-19(9-10-19)14-5-3-4-6-15(14)20;/h3-8,11H,9-10,12H2,1-2H3,(H3,21,22,23);1H. The summed E-state index contributed by atoms with van der Waals surface area (Å²) >= 11 is 6.34. The molecule has 0 spiro atoms. The highest BCUT2D eigenvalue weighted by Crippen LogP contribution is 2.50. The average molecular weight is 488 g/mol. The number of halogens is 2. The van der Waals surface area contributed by atoms with Crippen molar-refractivity contribution in [3.05, 3.63) is 53.1 Å². The van der Waals surface area contributed by atoms with Crippen LogP contribution in [-0.4, -0.2) is 26.7 Å². The van der Waals surface area contributed by atoms with Crippen molar-refractivity contribution in [2.75, 3.05) is 26.1 Å². The average Bonchev–Trinajstić information content (AvgIpc) is 3.41. The van der Waals surface area contributed by atoms with Crippen molar-refractivity contribution in [1.82, 2.24) is 0 Å². The molecule has 1 saturated carbocycles. The van der Waals surface area contributed by atoms with Crippen LogP contribution in [-0.2, 0) is 5.41 Å². The fourth-order valence-electron chi connectivity index (χ4n) is 2.88. The predicted molar refractivity (Wildman–Crippen MR) is 117 cm³/mol. The fraction of sp³-hybridized carbons (Fsp3) is 0.316. The smallest absolute Gasteiger partial charge is 0.193 e. The Bertz CT molecular complexity index is 794. The number of nitrogens with two attached hydrogens (primary N) is 1. The Morgan fingerprint density at radius 1 is 1.19 bits per heavy atom. The molecule has 0 atom stereocenters. The highest BCUT2D eigenvalue weighted by Gasteiger charge is 2.45. The quantitative estimate of drug-likeness (QED) is 0.359. The van der Waals surface area contributed by atoms with E-state index in [1.807, 2.05) is 36.4 Å². The van der Waals surface area contributed by atoms with Gasteiger partial charge in [-0.3, -0.25) is 4.99 Å². The molecule has 0 saturated heterocycles. The molecule has 0 unspecified atom stereocenters. The maximum atomic E-state index is 6.34. The van der Waals surface area contributed by atoms with Crippen LogP contribution in [0.4, 0.5) is 5.69 Å². The highest BCUT2D eigenvalue weighted by molar-refractivity contribution is 14.0. The summed E-state index contributed by atoms with van der Waals surface area (Å²) in [5.41, 5.74) is 7.94. The van der Waals surface area contributed by atoms with Gasteiger partial charge in [0.05, 0.1) is 26.5 Å². The van der Waals surface area contributed by atoms with Crippen molar-refractivity contribution in [2.24, 2.45) is 10.7 Å². The third-order valence-corrected chi connectivity index (χ3v) is 4.85. The lowest BCUT2D eigenvalue weighted by molar-refractivity contribution is 0.405. The van der Waals surface area contributed by atoms with Gasteiger partial charge in [-0.25, -0.2) is 0 Å². The molecule has 0 aliphatic heterocycles. The van der Waals surface area contributed by atoms with Gasteiger partial charge in [0.1, 0.15) is 11.5 Å². The monoisotopic (exact) mass is 487 g/mol. The van der Waals surface area contributed by atoms with Gasteiger partial charge in [0.2, 0.25) is 0 Å². The first-order chi connectivity index (χ1) is 12.1. The summed E-state index contributed by atoms with van der Waals surface area (Å²) in [5.74, 6) is 1.72. The summed E-state index contributed by atoms with van der Waals surface area (Å²) in [5, 5.41) is 3.88. The summed E-state index contributed by atoms with van der Waals surface area (Å²) in [6.45, 7) is 0.599. The van der Waals surface area contributed by atoms with Crippen LogP contribution in [0.15, 0.2) is 47.5 Å². The number of anilines is 1. The first-order valence-corrected chi connectivity index (χ1v) is 8.50. The van der Waals surface area contributed by atoms with E-state index in [0.717, 1.165) is 23.4 Å². The number of benzene rings is 2. The number of nitrogens with zero attached hydrogens (tertiary/aromatic N) is 1. The highest BCUT2D eigenvalue weighted by atomic mass is 127. The van der Waals surface area contributed by atoms with Crippen LogP contribution < -0.4 is 20.5 Å². The predicted octanol–water partition coefficient (Wildman–Crippen LogP) is 4.43. The molecule has 0 amide bonds. The van der Waals surface area contributed by atoms with Crippen LogP contribution in [0.1, 0.15) is 18.4 Å². The van der Waals surface area contributed by atoms with E-state index >= 15 is 0 Å². The Labute approximate surface area is 175 Å². The molecule has 0 bridgehead atoms. The number of ether oxygens (including phenoxy) is 2. The first-order valence-electron chi connectivity index (χ1n) is 8.12. The van der Waals surface area contributed by atoms with Crippen LogP contribution in [0, 0.1) is 0 Å². The Morgan fingerprint density at radius 2 is 1.92 bits per heavy atom. The van der Waals surface area contributed by atoms with Crippen LogP contribution >= 0.6 is 35.6 Å². The molecule has 1 aliphatic carbocycles. The van der Waals surface area contributed by atoms with Crippen molar-refractivity contribution in [2.45, 2.75) is 18.3 Å². The third kappa shape index (κ3) is 4.54. The van der Waals surface area contributed by atoms with Gasteiger partial charge in [-0.1, -0.05) is 29.8 Å². The van der Waals surface area contributed by atoms with Crippen LogP contribution in [0.5, 0.6) is 11.5 Å². The Balaban J connectivity index is 0.00000243. The zero-order valence-corrected chi connectivity index (χ0v) is 17.9. The van der Waals surface area contributed by atoms with E-state index in [1.165, 1.54) is 0 Å². The first kappa shape index (κ1) is 20.6. The number of nitrogens with one attached hydrogen (secondary N) is 1. The van der Waals surface area contributed by atoms with Gasteiger partial charge in [0.25, 0.3) is 0 Å². The van der Waals surface area contributed by atoms with Gasteiger partial charge in [-0.05, 0) is 36.6 Å². The number of hydrogen-bond donors (Lipinski definition) is 2. The summed E-state index contributed by atoms with van der Waals surface area (Å²) in [6, 6.07) is 13.4. The summed E-state index contributed by atoms with van der Waals surface area (Å²) in [6.07, 6.45) is 2.13. The molecule has 3 rings (SSSR count). The molecular weight excluding hydrogens is 465 g/mol. The zero-order valence-electron chi connectivity index (χ0n) is 14.8. The lowest BCUT2D eigenvalue weighted by atomic mass is 9.96. The van der Waals surface area contributed by atoms with E-state index in [9.17, 15) is 0 Å². The Kier molecular flexibility index (Phi) is 7.00. The SMILES string of the molecule is COc1ccc(OC)c(NC(N)=NCC2(c3ccccc3Cl)CC2)c1.I. The van der Waals surface area contributed by atoms with Gasteiger partial charge in [0, 0.05) is 16.5 Å². The molecule has 7 heteroatoms. The molecule has 1 fully saturated rings. The molecule has 2 aromatic carbocycles. The second-order valence-corrected chi connectivity index (χ2v) is 6.56. The number of methoxy groups -OCH3 is 2. The topological polar surface area (TPSA) is 68.9 Å². The van der Waals surface area contributed by atoms with Crippen LogP contribution in [0.25, 0.3) is 0 Å². The van der Waals surface area contributed by atoms with Gasteiger partial charge in [0.15, 0.2) is 5.96 Å². The minimum Gasteiger partial charge on any atom is -0.497 e. The second kappa shape index (κ2) is 8.81. The van der Waals surface area contributed by atoms with E-state index < -0.39 is 0 Å². The normalized spacial score (nSPS) is 15.0. The summed E-state index contributed by atoms with van der Waals surface area (Å²) in [7, 11) is 3.22. The minimum atomic E-state index is 0. The van der Waals surface area contributed by atoms with Crippen molar-refractivity contribution in [3.8, 4) is 11.5 Å². The lowest BCUT2D eigenvalue weighted by Gasteiger charge is -2.16. The third-order valence-electron chi connectivity index (χ3n) is 4.52. The number of rotatable bonds is 6. The van der Waals surface area contributed by atoms with E-state index in [2.05, 4.69) is 16.4 Å². The zero-order chi connectivity index (χ0) is 17.9. The molecule has 3 N–H and O–H groups in total. The number of hydrogen-bond acceptors (Lipinski definition) is 3. The molecule has 2 aromatic rings. The van der Waals surface area contributed by atoms with Crippen LogP contribution in [0.2, 0.25) is 5.02 Å². The van der Waals surface area contributed by atoms with E-state index in [0.29, 0.717) is 29.7 Å².